The van der Waals surface area contributed by atoms with Gasteiger partial charge in [-0.15, -0.1) is 0 Å². The number of aromatic nitrogens is 3. The summed E-state index contributed by atoms with van der Waals surface area (Å²) in [4.78, 5) is 27.0. The number of nitrogens with one attached hydrogen (secondary N) is 2. The molecule has 7 nitrogen and oxygen atoms in total. The fourth-order valence-electron chi connectivity index (χ4n) is 5.46. The van der Waals surface area contributed by atoms with E-state index in [9.17, 15) is 9.59 Å². The van der Waals surface area contributed by atoms with Crippen LogP contribution in [0.1, 0.15) is 33.6 Å². The Labute approximate surface area is 243 Å². The first kappa shape index (κ1) is 26.8. The molecule has 0 aliphatic heterocycles. The van der Waals surface area contributed by atoms with E-state index in [4.69, 9.17) is 0 Å². The quantitative estimate of drug-likeness (QED) is 0.182. The zero-order chi connectivity index (χ0) is 29.1. The van der Waals surface area contributed by atoms with Gasteiger partial charge in [0.15, 0.2) is 0 Å². The summed E-state index contributed by atoms with van der Waals surface area (Å²) >= 11 is 0. The van der Waals surface area contributed by atoms with Crippen LogP contribution in [0.3, 0.4) is 0 Å². The molecule has 0 unspecified atom stereocenters. The number of amides is 1. The molecule has 6 rings (SSSR count). The number of hydrazone groups is 1. The smallest absolute Gasteiger partial charge is 0.281 e. The second-order valence-electron chi connectivity index (χ2n) is 10.3. The Morgan fingerprint density at radius 1 is 0.810 bits per heavy atom. The van der Waals surface area contributed by atoms with E-state index in [2.05, 4.69) is 51.4 Å². The van der Waals surface area contributed by atoms with Crippen molar-refractivity contribution in [2.45, 2.75) is 26.8 Å². The number of hydrogen-bond acceptors (Lipinski definition) is 3. The van der Waals surface area contributed by atoms with Crippen LogP contribution in [0.25, 0.3) is 16.6 Å². The first-order valence-corrected chi connectivity index (χ1v) is 13.9. The molecule has 0 aliphatic carbocycles. The highest BCUT2D eigenvalue weighted by atomic mass is 16.2. The van der Waals surface area contributed by atoms with Crippen LogP contribution in [0.5, 0.6) is 0 Å². The van der Waals surface area contributed by atoms with Gasteiger partial charge in [0, 0.05) is 34.4 Å². The normalized spacial score (nSPS) is 11.6. The van der Waals surface area contributed by atoms with Gasteiger partial charge < -0.3 is 4.57 Å². The molecule has 0 saturated carbocycles. The van der Waals surface area contributed by atoms with Crippen LogP contribution in [-0.2, 0) is 17.8 Å². The molecule has 0 saturated heterocycles. The van der Waals surface area contributed by atoms with Crippen molar-refractivity contribution in [3.8, 4) is 5.69 Å². The molecule has 2 aromatic heterocycles. The predicted molar refractivity (Wildman–Crippen MR) is 167 cm³/mol. The molecule has 208 valence electrons. The van der Waals surface area contributed by atoms with Crippen LogP contribution in [-0.4, -0.2) is 26.0 Å². The number of aryl methyl sites for hydroxylation is 1. The van der Waals surface area contributed by atoms with E-state index >= 15 is 0 Å². The lowest BCUT2D eigenvalue weighted by Crippen LogP contribution is -2.26. The molecule has 0 aliphatic rings. The van der Waals surface area contributed by atoms with Gasteiger partial charge in [0.25, 0.3) is 5.56 Å². The average molecular weight is 554 g/mol. The van der Waals surface area contributed by atoms with Gasteiger partial charge in [-0.3, -0.25) is 14.7 Å². The lowest BCUT2D eigenvalue weighted by atomic mass is 10.0. The molecule has 0 radical (unpaired) electrons. The molecule has 0 bridgehead atoms. The Hall–Kier alpha value is -5.43. The molecule has 2 N–H and O–H groups in total. The van der Waals surface area contributed by atoms with Crippen LogP contribution in [0.2, 0.25) is 0 Å². The summed E-state index contributed by atoms with van der Waals surface area (Å²) in [7, 11) is 0. The summed E-state index contributed by atoms with van der Waals surface area (Å²) in [5.74, 6) is -0.259. The lowest BCUT2D eigenvalue weighted by Gasteiger charge is -2.09. The van der Waals surface area contributed by atoms with Crippen molar-refractivity contribution in [3.05, 3.63) is 159 Å². The van der Waals surface area contributed by atoms with Crippen LogP contribution >= 0.6 is 0 Å². The van der Waals surface area contributed by atoms with Crippen molar-refractivity contribution in [2.75, 3.05) is 0 Å². The van der Waals surface area contributed by atoms with E-state index < -0.39 is 0 Å². The number of aromatic amines is 1. The minimum absolute atomic E-state index is 0.153. The van der Waals surface area contributed by atoms with E-state index in [1.54, 1.807) is 0 Å². The Kier molecular flexibility index (Phi) is 7.39. The number of hydrogen-bond donors (Lipinski definition) is 2. The van der Waals surface area contributed by atoms with Crippen molar-refractivity contribution >= 4 is 22.5 Å². The van der Waals surface area contributed by atoms with Gasteiger partial charge in [0.1, 0.15) is 5.71 Å². The molecule has 4 aromatic carbocycles. The van der Waals surface area contributed by atoms with Crippen LogP contribution < -0.4 is 11.0 Å². The maximum atomic E-state index is 13.6. The second kappa shape index (κ2) is 11.6. The van der Waals surface area contributed by atoms with Crippen molar-refractivity contribution in [3.63, 3.8) is 0 Å². The third-order valence-corrected chi connectivity index (χ3v) is 7.54. The second-order valence-corrected chi connectivity index (χ2v) is 10.3. The van der Waals surface area contributed by atoms with Gasteiger partial charge in [0.2, 0.25) is 5.91 Å². The highest BCUT2D eigenvalue weighted by Gasteiger charge is 2.21. The fraction of sp³-hybridized carbons (Fsp3) is 0.114. The molecule has 7 heteroatoms. The molecule has 0 fully saturated rings. The number of carbonyl (C=O) groups is 1. The van der Waals surface area contributed by atoms with Crippen molar-refractivity contribution in [2.24, 2.45) is 5.10 Å². The Morgan fingerprint density at radius 3 is 2.14 bits per heavy atom. The standard InChI is InChI=1S/C35H31N5O2/c1-24-33(35(42)40(38-24)28-18-10-5-11-19-28)34(27-16-8-4-9-17-27)37-36-32(41)22-30-25(2)39(23-26-14-6-3-7-15-26)31-21-13-12-20-29(30)31/h3-21,38H,22-23H2,1-2H3,(H,36,41). The van der Waals surface area contributed by atoms with Gasteiger partial charge in [-0.25, -0.2) is 10.1 Å². The summed E-state index contributed by atoms with van der Waals surface area (Å²) in [5.41, 5.74) is 9.70. The number of rotatable bonds is 8. The monoisotopic (exact) mass is 553 g/mol. The molecule has 6 aromatic rings. The third-order valence-electron chi connectivity index (χ3n) is 7.54. The number of fused-ring (bicyclic) bond motifs is 1. The molecule has 2 heterocycles. The number of nitrogens with zero attached hydrogens (tertiary/aromatic N) is 3. The molecule has 0 atom stereocenters. The van der Waals surface area contributed by atoms with E-state index in [1.165, 1.54) is 10.2 Å². The summed E-state index contributed by atoms with van der Waals surface area (Å²) in [6, 6.07) is 37.3. The number of H-pyrrole nitrogens is 1. The van der Waals surface area contributed by atoms with E-state index in [-0.39, 0.29) is 17.9 Å². The van der Waals surface area contributed by atoms with Crippen LogP contribution in [0, 0.1) is 13.8 Å². The SMILES string of the molecule is Cc1[nH]n(-c2ccccc2)c(=O)c1C(=NNC(=O)Cc1c(C)n(Cc2ccccc2)c2ccccc12)c1ccccc1. The van der Waals surface area contributed by atoms with Gasteiger partial charge in [-0.2, -0.15) is 5.10 Å². The lowest BCUT2D eigenvalue weighted by molar-refractivity contribution is -0.120. The Balaban J connectivity index is 1.34. The highest BCUT2D eigenvalue weighted by molar-refractivity contribution is 6.13. The summed E-state index contributed by atoms with van der Waals surface area (Å²) in [6.07, 6.45) is 0.153. The van der Waals surface area contributed by atoms with Crippen LogP contribution in [0.4, 0.5) is 0 Å². The zero-order valence-corrected chi connectivity index (χ0v) is 23.5. The van der Waals surface area contributed by atoms with Crippen molar-refractivity contribution in [1.29, 1.82) is 0 Å². The van der Waals surface area contributed by atoms with E-state index in [1.807, 2.05) is 97.9 Å². The average Bonchev–Trinajstić information content (AvgIpc) is 3.46. The molecular weight excluding hydrogens is 522 g/mol. The predicted octanol–water partition coefficient (Wildman–Crippen LogP) is 5.90. The Morgan fingerprint density at radius 2 is 1.43 bits per heavy atom. The van der Waals surface area contributed by atoms with Crippen molar-refractivity contribution in [1.82, 2.24) is 19.8 Å². The summed E-state index contributed by atoms with van der Waals surface area (Å²) in [6.45, 7) is 4.60. The molecule has 0 spiro atoms. The first-order chi connectivity index (χ1) is 20.5. The molecular formula is C35H31N5O2. The maximum absolute atomic E-state index is 13.6. The number of para-hydroxylation sites is 2. The summed E-state index contributed by atoms with van der Waals surface area (Å²) in [5, 5.41) is 8.76. The summed E-state index contributed by atoms with van der Waals surface area (Å²) < 4.78 is 3.75. The first-order valence-electron chi connectivity index (χ1n) is 13.9. The number of carbonyl (C=O) groups excluding carboxylic acids is 1. The van der Waals surface area contributed by atoms with Crippen molar-refractivity contribution < 1.29 is 4.79 Å². The molecule has 1 amide bonds. The van der Waals surface area contributed by atoms with Gasteiger partial charge in [-0.1, -0.05) is 97.1 Å². The maximum Gasteiger partial charge on any atom is 0.281 e. The molecule has 42 heavy (non-hydrogen) atoms. The number of benzene rings is 4. The fourth-order valence-corrected chi connectivity index (χ4v) is 5.46. The van der Waals surface area contributed by atoms with E-state index in [0.717, 1.165) is 33.4 Å². The van der Waals surface area contributed by atoms with Gasteiger partial charge in [0.05, 0.1) is 17.7 Å². The van der Waals surface area contributed by atoms with Crippen LogP contribution in [0.15, 0.2) is 125 Å². The minimum atomic E-state index is -0.259. The van der Waals surface area contributed by atoms with Gasteiger partial charge >= 0.3 is 0 Å². The minimum Gasteiger partial charge on any atom is -0.340 e. The largest absolute Gasteiger partial charge is 0.340 e. The zero-order valence-electron chi connectivity index (χ0n) is 23.5. The van der Waals surface area contributed by atoms with Gasteiger partial charge in [-0.05, 0) is 43.2 Å². The third kappa shape index (κ3) is 5.20. The highest BCUT2D eigenvalue weighted by Crippen LogP contribution is 2.27. The topological polar surface area (TPSA) is 84.2 Å². The Bertz CT molecular complexity index is 1950. The van der Waals surface area contributed by atoms with E-state index in [0.29, 0.717) is 23.5 Å².